The molecule has 22 heavy (non-hydrogen) atoms. The molecule has 5 N–H and O–H groups in total. The van der Waals surface area contributed by atoms with Crippen molar-refractivity contribution >= 4 is 55.8 Å². The molecule has 0 aliphatic heterocycles. The maximum Gasteiger partial charge on any atom is 0.313 e. The van der Waals surface area contributed by atoms with Crippen molar-refractivity contribution in [3.05, 3.63) is 0 Å². The second-order valence-corrected chi connectivity index (χ2v) is 5.08. The Labute approximate surface area is 145 Å². The van der Waals surface area contributed by atoms with Crippen LogP contribution in [-0.2, 0) is 14.4 Å². The molecular weight excluding hydrogens is 356 g/mol. The van der Waals surface area contributed by atoms with E-state index in [-0.39, 0.29) is 35.9 Å². The summed E-state index contributed by atoms with van der Waals surface area (Å²) in [7, 11) is 0. The maximum atomic E-state index is 9.29. The minimum absolute atomic E-state index is 0.0451. The fourth-order valence-corrected chi connectivity index (χ4v) is 0.0500. The monoisotopic (exact) mass is 380 g/mol. The third-order valence-corrected chi connectivity index (χ3v) is 2.07. The van der Waals surface area contributed by atoms with E-state index >= 15 is 0 Å². The van der Waals surface area contributed by atoms with Gasteiger partial charge in [-0.2, -0.15) is 37.9 Å². The second kappa shape index (κ2) is 20.4. The standard InChI is InChI=1S/C5H12O2.3C2H4O2S/c1-5(2,3-6)4-7;3*3-2(4)1-5/h6-7H,3-4H2,1-2H3;3*5H,1H2,(H,3,4). The third-order valence-electron chi connectivity index (χ3n) is 1.26. The molecule has 0 aliphatic carbocycles. The van der Waals surface area contributed by atoms with Gasteiger partial charge in [-0.25, -0.2) is 0 Å². The molecule has 11 heteroatoms. The van der Waals surface area contributed by atoms with Gasteiger partial charge in [0.2, 0.25) is 0 Å². The van der Waals surface area contributed by atoms with Gasteiger partial charge in [0, 0.05) is 5.41 Å². The third kappa shape index (κ3) is 50.6. The first-order chi connectivity index (χ1) is 9.93. The average molecular weight is 381 g/mol. The van der Waals surface area contributed by atoms with Crippen molar-refractivity contribution in [2.45, 2.75) is 13.8 Å². The molecule has 0 aromatic rings. The first-order valence-electron chi connectivity index (χ1n) is 5.63. The normalized spacial score (nSPS) is 8.86. The second-order valence-electron chi connectivity index (χ2n) is 4.14. The molecule has 0 aromatic heterocycles. The molecule has 0 aromatic carbocycles. The van der Waals surface area contributed by atoms with Crippen LogP contribution >= 0.6 is 37.9 Å². The fraction of sp³-hybridized carbons (Fsp3) is 0.727. The quantitative estimate of drug-likeness (QED) is 0.310. The number of aliphatic hydroxyl groups is 2. The lowest BCUT2D eigenvalue weighted by atomic mass is 9.97. The van der Waals surface area contributed by atoms with Crippen LogP contribution in [-0.4, -0.2) is 73.9 Å². The van der Waals surface area contributed by atoms with Gasteiger partial charge in [-0.05, 0) is 0 Å². The number of carboxylic acids is 3. The summed E-state index contributed by atoms with van der Waals surface area (Å²) in [5.74, 6) is -2.89. The molecule has 0 heterocycles. The van der Waals surface area contributed by atoms with E-state index in [2.05, 4.69) is 37.9 Å². The molecule has 0 fully saturated rings. The van der Waals surface area contributed by atoms with Crippen LogP contribution in [0.5, 0.6) is 0 Å². The molecule has 134 valence electrons. The lowest BCUT2D eigenvalue weighted by molar-refractivity contribution is -0.134. The highest BCUT2D eigenvalue weighted by atomic mass is 32.1. The molecule has 0 rings (SSSR count). The zero-order chi connectivity index (χ0) is 18.8. The van der Waals surface area contributed by atoms with Crippen LogP contribution in [0.25, 0.3) is 0 Å². The molecule has 0 saturated heterocycles. The Kier molecular flexibility index (Phi) is 27.2. The Morgan fingerprint density at radius 3 is 0.864 bits per heavy atom. The van der Waals surface area contributed by atoms with Crippen LogP contribution in [0.1, 0.15) is 13.8 Å². The van der Waals surface area contributed by atoms with Gasteiger partial charge in [0.15, 0.2) is 0 Å². The van der Waals surface area contributed by atoms with E-state index in [1.807, 2.05) is 0 Å². The summed E-state index contributed by atoms with van der Waals surface area (Å²) in [6.45, 7) is 3.69. The van der Waals surface area contributed by atoms with Gasteiger partial charge in [-0.3, -0.25) is 14.4 Å². The van der Waals surface area contributed by atoms with Gasteiger partial charge < -0.3 is 25.5 Å². The molecule has 8 nitrogen and oxygen atoms in total. The maximum absolute atomic E-state index is 9.29. The van der Waals surface area contributed by atoms with Crippen molar-refractivity contribution in [3.63, 3.8) is 0 Å². The van der Waals surface area contributed by atoms with E-state index in [4.69, 9.17) is 25.5 Å². The van der Waals surface area contributed by atoms with Crippen molar-refractivity contribution in [2.24, 2.45) is 5.41 Å². The predicted molar refractivity (Wildman–Crippen MR) is 92.4 cm³/mol. The zero-order valence-electron chi connectivity index (χ0n) is 12.3. The fourth-order valence-electron chi connectivity index (χ4n) is 0.0500. The molecule has 0 bridgehead atoms. The van der Waals surface area contributed by atoms with Crippen LogP contribution in [0, 0.1) is 5.41 Å². The summed E-state index contributed by atoms with van der Waals surface area (Å²) in [4.78, 5) is 27.9. The summed E-state index contributed by atoms with van der Waals surface area (Å²) in [5, 5.41) is 39.8. The lowest BCUT2D eigenvalue weighted by Gasteiger charge is -2.16. The first kappa shape index (κ1) is 29.4. The number of aliphatic hydroxyl groups excluding tert-OH is 2. The number of rotatable bonds is 5. The number of carboxylic acid groups (broad SMARTS) is 3. The van der Waals surface area contributed by atoms with Crippen LogP contribution in [0.3, 0.4) is 0 Å². The van der Waals surface area contributed by atoms with Crippen molar-refractivity contribution in [1.82, 2.24) is 0 Å². The molecular formula is C11H24O8S3. The zero-order valence-corrected chi connectivity index (χ0v) is 15.0. The highest BCUT2D eigenvalue weighted by Gasteiger charge is 2.13. The van der Waals surface area contributed by atoms with E-state index in [0.29, 0.717) is 0 Å². The van der Waals surface area contributed by atoms with E-state index in [1.165, 1.54) is 0 Å². The molecule has 0 radical (unpaired) electrons. The van der Waals surface area contributed by atoms with Crippen LogP contribution in [0.15, 0.2) is 0 Å². The van der Waals surface area contributed by atoms with Crippen LogP contribution in [0.2, 0.25) is 0 Å². The van der Waals surface area contributed by atoms with Gasteiger partial charge in [0.1, 0.15) is 0 Å². The average Bonchev–Trinajstić information content (AvgIpc) is 2.48. The van der Waals surface area contributed by atoms with Gasteiger partial charge >= 0.3 is 17.9 Å². The Bertz CT molecular complexity index is 258. The van der Waals surface area contributed by atoms with Crippen molar-refractivity contribution in [3.8, 4) is 0 Å². The molecule has 0 aliphatic rings. The number of hydrogen-bond acceptors (Lipinski definition) is 8. The molecule has 0 amide bonds. The van der Waals surface area contributed by atoms with Crippen molar-refractivity contribution in [2.75, 3.05) is 30.5 Å². The molecule has 0 spiro atoms. The Morgan fingerprint density at radius 1 is 0.727 bits per heavy atom. The smallest absolute Gasteiger partial charge is 0.313 e. The SMILES string of the molecule is CC(C)(CO)CO.O=C(O)CS.O=C(O)CS.O=C(O)CS. The molecule has 0 unspecified atom stereocenters. The first-order valence-corrected chi connectivity index (χ1v) is 7.53. The Morgan fingerprint density at radius 2 is 0.864 bits per heavy atom. The largest absolute Gasteiger partial charge is 0.481 e. The Hall–Kier alpha value is -0.620. The van der Waals surface area contributed by atoms with Crippen LogP contribution < -0.4 is 0 Å². The summed E-state index contributed by atoms with van der Waals surface area (Å²) >= 11 is 10.2. The minimum Gasteiger partial charge on any atom is -0.481 e. The van der Waals surface area contributed by atoms with E-state index in [0.717, 1.165) is 0 Å². The molecule has 0 atom stereocenters. The van der Waals surface area contributed by atoms with E-state index in [1.54, 1.807) is 13.8 Å². The number of aliphatic carboxylic acids is 3. The summed E-state index contributed by atoms with van der Waals surface area (Å²) in [5.41, 5.74) is -0.306. The summed E-state index contributed by atoms with van der Waals surface area (Å²) in [6.07, 6.45) is 0. The minimum atomic E-state index is -0.881. The lowest BCUT2D eigenvalue weighted by Crippen LogP contribution is -2.20. The Balaban J connectivity index is -0.0000000995. The number of thiol groups is 3. The topological polar surface area (TPSA) is 152 Å². The predicted octanol–water partition coefficient (Wildman–Crippen LogP) is -0.000400. The van der Waals surface area contributed by atoms with Crippen molar-refractivity contribution in [1.29, 1.82) is 0 Å². The summed E-state index contributed by atoms with van der Waals surface area (Å²) in [6, 6.07) is 0. The van der Waals surface area contributed by atoms with Gasteiger partial charge in [-0.1, -0.05) is 13.8 Å². The van der Waals surface area contributed by atoms with Gasteiger partial charge in [0.25, 0.3) is 0 Å². The van der Waals surface area contributed by atoms with Crippen LogP contribution in [0.4, 0.5) is 0 Å². The van der Waals surface area contributed by atoms with E-state index < -0.39 is 17.9 Å². The van der Waals surface area contributed by atoms with Gasteiger partial charge in [0.05, 0.1) is 30.5 Å². The number of hydrogen-bond donors (Lipinski definition) is 8. The van der Waals surface area contributed by atoms with Crippen molar-refractivity contribution < 1.29 is 39.9 Å². The summed E-state index contributed by atoms with van der Waals surface area (Å²) < 4.78 is 0. The molecule has 0 saturated carbocycles. The van der Waals surface area contributed by atoms with Gasteiger partial charge in [-0.15, -0.1) is 0 Å². The highest BCUT2D eigenvalue weighted by molar-refractivity contribution is 7.81. The number of carbonyl (C=O) groups is 3. The van der Waals surface area contributed by atoms with E-state index in [9.17, 15) is 14.4 Å². The highest BCUT2D eigenvalue weighted by Crippen LogP contribution is 2.10.